The molecule has 0 fully saturated rings. The highest BCUT2D eigenvalue weighted by atomic mass is 19.1. The van der Waals surface area contributed by atoms with Crippen LogP contribution in [0.25, 0.3) is 11.1 Å². The molecule has 3 rings (SSSR count). The number of halogens is 1. The lowest BCUT2D eigenvalue weighted by Gasteiger charge is -2.28. The summed E-state index contributed by atoms with van der Waals surface area (Å²) >= 11 is 0. The molecule has 108 valence electrons. The summed E-state index contributed by atoms with van der Waals surface area (Å²) < 4.78 is 24.7. The Hall–Kier alpha value is -2.20. The molecule has 21 heavy (non-hydrogen) atoms. The summed E-state index contributed by atoms with van der Waals surface area (Å²) in [6.45, 7) is 0.0324. The number of ether oxygens (including phenoxy) is 2. The molecule has 0 spiro atoms. The van der Waals surface area contributed by atoms with Crippen molar-refractivity contribution in [2.24, 2.45) is 0 Å². The summed E-state index contributed by atoms with van der Waals surface area (Å²) in [5, 5.41) is 0. The molecule has 0 amide bonds. The van der Waals surface area contributed by atoms with Crippen LogP contribution >= 0.6 is 0 Å². The number of methoxy groups -OCH3 is 2. The number of hydrogen-bond donors (Lipinski definition) is 0. The second-order valence-electron chi connectivity index (χ2n) is 5.04. The van der Waals surface area contributed by atoms with E-state index in [2.05, 4.69) is 0 Å². The van der Waals surface area contributed by atoms with Gasteiger partial charge in [0.25, 0.3) is 0 Å². The molecule has 1 aliphatic carbocycles. The van der Waals surface area contributed by atoms with Crippen LogP contribution in [0.1, 0.15) is 11.1 Å². The highest BCUT2D eigenvalue weighted by Crippen LogP contribution is 2.50. The average Bonchev–Trinajstić information content (AvgIpc) is 2.80. The zero-order valence-corrected chi connectivity index (χ0v) is 11.9. The Morgan fingerprint density at radius 3 is 2.52 bits per heavy atom. The smallest absolute Gasteiger partial charge is 0.323 e. The highest BCUT2D eigenvalue weighted by Gasteiger charge is 2.52. The largest absolute Gasteiger partial charge is 0.468 e. The van der Waals surface area contributed by atoms with Gasteiger partial charge in [-0.25, -0.2) is 4.39 Å². The van der Waals surface area contributed by atoms with E-state index in [0.717, 1.165) is 11.1 Å². The number of carbonyl (C=O) groups excluding carboxylic acids is 1. The van der Waals surface area contributed by atoms with Crippen molar-refractivity contribution in [3.05, 3.63) is 59.4 Å². The maximum Gasteiger partial charge on any atom is 0.323 e. The van der Waals surface area contributed by atoms with Crippen molar-refractivity contribution in [1.82, 2.24) is 0 Å². The van der Waals surface area contributed by atoms with E-state index >= 15 is 0 Å². The van der Waals surface area contributed by atoms with Crippen LogP contribution in [0.15, 0.2) is 42.5 Å². The van der Waals surface area contributed by atoms with Gasteiger partial charge in [0.2, 0.25) is 0 Å². The third-order valence-electron chi connectivity index (χ3n) is 4.01. The van der Waals surface area contributed by atoms with E-state index in [9.17, 15) is 9.18 Å². The van der Waals surface area contributed by atoms with Crippen molar-refractivity contribution in [2.75, 3.05) is 20.8 Å². The minimum Gasteiger partial charge on any atom is -0.468 e. The summed E-state index contributed by atoms with van der Waals surface area (Å²) in [7, 11) is 2.80. The molecule has 1 atom stereocenters. The molecule has 0 radical (unpaired) electrons. The number of benzene rings is 2. The molecule has 1 unspecified atom stereocenters. The topological polar surface area (TPSA) is 35.5 Å². The Morgan fingerprint density at radius 2 is 1.81 bits per heavy atom. The summed E-state index contributed by atoms with van der Waals surface area (Å²) in [6.07, 6.45) is 0. The zero-order chi connectivity index (χ0) is 15.0. The van der Waals surface area contributed by atoms with Gasteiger partial charge in [-0.05, 0) is 22.8 Å². The van der Waals surface area contributed by atoms with Gasteiger partial charge in [0.15, 0.2) is 0 Å². The van der Waals surface area contributed by atoms with E-state index in [1.165, 1.54) is 20.3 Å². The van der Waals surface area contributed by atoms with Crippen LogP contribution < -0.4 is 0 Å². The molecule has 0 aliphatic heterocycles. The summed E-state index contributed by atoms with van der Waals surface area (Å²) in [4.78, 5) is 12.5. The second-order valence-corrected chi connectivity index (χ2v) is 5.04. The molecule has 0 N–H and O–H groups in total. The minimum absolute atomic E-state index is 0.0324. The first-order valence-electron chi connectivity index (χ1n) is 6.63. The van der Waals surface area contributed by atoms with Gasteiger partial charge in [-0.15, -0.1) is 0 Å². The lowest BCUT2D eigenvalue weighted by molar-refractivity contribution is -0.147. The number of rotatable bonds is 3. The van der Waals surface area contributed by atoms with Crippen molar-refractivity contribution in [2.45, 2.75) is 5.41 Å². The fraction of sp³-hybridized carbons (Fsp3) is 0.235. The van der Waals surface area contributed by atoms with Crippen molar-refractivity contribution >= 4 is 5.97 Å². The van der Waals surface area contributed by atoms with Crippen LogP contribution in [0.4, 0.5) is 4.39 Å². The lowest BCUT2D eigenvalue weighted by Crippen LogP contribution is -2.41. The van der Waals surface area contributed by atoms with E-state index in [0.29, 0.717) is 11.1 Å². The maximum absolute atomic E-state index is 14.5. The number of fused-ring (bicyclic) bond motifs is 3. The zero-order valence-electron chi connectivity index (χ0n) is 11.9. The molecule has 4 heteroatoms. The maximum atomic E-state index is 14.5. The third kappa shape index (κ3) is 1.72. The first-order chi connectivity index (χ1) is 10.2. The van der Waals surface area contributed by atoms with Gasteiger partial charge in [-0.3, -0.25) is 4.79 Å². The van der Waals surface area contributed by atoms with Crippen LogP contribution in [-0.2, 0) is 19.7 Å². The lowest BCUT2D eigenvalue weighted by atomic mass is 9.78. The van der Waals surface area contributed by atoms with E-state index in [1.807, 2.05) is 30.3 Å². The van der Waals surface area contributed by atoms with Gasteiger partial charge in [-0.1, -0.05) is 36.4 Å². The first-order valence-corrected chi connectivity index (χ1v) is 6.63. The summed E-state index contributed by atoms with van der Waals surface area (Å²) in [5.74, 6) is -0.938. The van der Waals surface area contributed by atoms with Crippen molar-refractivity contribution in [1.29, 1.82) is 0 Å². The molecule has 0 bridgehead atoms. The average molecular weight is 286 g/mol. The predicted octanol–water partition coefficient (Wildman–Crippen LogP) is 2.91. The van der Waals surface area contributed by atoms with Crippen molar-refractivity contribution in [3.63, 3.8) is 0 Å². The molecule has 2 aromatic rings. The van der Waals surface area contributed by atoms with Gasteiger partial charge in [0.1, 0.15) is 11.2 Å². The number of esters is 1. The molecule has 2 aromatic carbocycles. The summed E-state index contributed by atoms with van der Waals surface area (Å²) in [5.41, 5.74) is 1.36. The normalized spacial score (nSPS) is 19.0. The van der Waals surface area contributed by atoms with Crippen molar-refractivity contribution < 1.29 is 18.7 Å². The quantitative estimate of drug-likeness (QED) is 0.814. The van der Waals surface area contributed by atoms with Crippen LogP contribution in [0, 0.1) is 5.82 Å². The summed E-state index contributed by atoms with van der Waals surface area (Å²) in [6, 6.07) is 12.2. The van der Waals surface area contributed by atoms with Crippen LogP contribution in [0.5, 0.6) is 0 Å². The molecule has 0 saturated heterocycles. The SMILES string of the molecule is COCC1(C(=O)OC)c2ccccc2-c2cccc(F)c21. The number of carbonyl (C=O) groups is 1. The fourth-order valence-electron chi connectivity index (χ4n) is 3.22. The monoisotopic (exact) mass is 286 g/mol. The second kappa shape index (κ2) is 4.97. The Bertz CT molecular complexity index is 711. The van der Waals surface area contributed by atoms with Crippen LogP contribution in [0.2, 0.25) is 0 Å². The molecule has 0 aromatic heterocycles. The van der Waals surface area contributed by atoms with E-state index < -0.39 is 17.2 Å². The molecule has 0 heterocycles. The Morgan fingerprint density at radius 1 is 1.10 bits per heavy atom. The van der Waals surface area contributed by atoms with Gasteiger partial charge in [0, 0.05) is 12.7 Å². The van der Waals surface area contributed by atoms with Gasteiger partial charge >= 0.3 is 5.97 Å². The molecule has 1 aliphatic rings. The van der Waals surface area contributed by atoms with Crippen LogP contribution in [0.3, 0.4) is 0 Å². The van der Waals surface area contributed by atoms with Gasteiger partial charge < -0.3 is 9.47 Å². The molecule has 3 nitrogen and oxygen atoms in total. The Kier molecular flexibility index (Phi) is 3.26. The minimum atomic E-state index is -1.25. The fourth-order valence-corrected chi connectivity index (χ4v) is 3.22. The molecular weight excluding hydrogens is 271 g/mol. The van der Waals surface area contributed by atoms with E-state index in [1.54, 1.807) is 6.07 Å². The number of hydrogen-bond acceptors (Lipinski definition) is 3. The van der Waals surface area contributed by atoms with Gasteiger partial charge in [-0.2, -0.15) is 0 Å². The predicted molar refractivity (Wildman–Crippen MR) is 76.5 cm³/mol. The highest BCUT2D eigenvalue weighted by molar-refractivity contribution is 5.98. The molecule has 0 saturated carbocycles. The van der Waals surface area contributed by atoms with Gasteiger partial charge in [0.05, 0.1) is 13.7 Å². The third-order valence-corrected chi connectivity index (χ3v) is 4.01. The Balaban J connectivity index is 2.41. The van der Waals surface area contributed by atoms with E-state index in [4.69, 9.17) is 9.47 Å². The van der Waals surface area contributed by atoms with E-state index in [-0.39, 0.29) is 6.61 Å². The Labute approximate surface area is 122 Å². The van der Waals surface area contributed by atoms with Crippen LogP contribution in [-0.4, -0.2) is 26.8 Å². The first kappa shape index (κ1) is 13.8. The standard InChI is InChI=1S/C17H15FO3/c1-20-10-17(16(19)21-2)13-8-4-3-6-11(13)12-7-5-9-14(18)15(12)17/h3-9H,10H2,1-2H3. The van der Waals surface area contributed by atoms with Crippen molar-refractivity contribution in [3.8, 4) is 11.1 Å². The molecular formula is C17H15FO3.